The molecular weight excluding hydrogens is 306 g/mol. The molecule has 0 saturated heterocycles. The van der Waals surface area contributed by atoms with E-state index in [1.165, 1.54) is 109 Å². The lowest BCUT2D eigenvalue weighted by atomic mass is 10.0. The second-order valence-electron chi connectivity index (χ2n) is 8.64. The first-order valence-corrected chi connectivity index (χ1v) is 14.4. The van der Waals surface area contributed by atoms with Crippen LogP contribution in [-0.4, -0.2) is 34.3 Å². The van der Waals surface area contributed by atoms with Crippen LogP contribution in [0.4, 0.5) is 0 Å². The molecule has 0 atom stereocenters. The second-order valence-corrected chi connectivity index (χ2v) is 12.0. The smallest absolute Gasteiger partial charge is 0.0305 e. The lowest BCUT2D eigenvalue weighted by Crippen LogP contribution is -2.12. The highest BCUT2D eigenvalue weighted by atomic mass is 28.3. The normalized spacial score (nSPS) is 11.8. The first kappa shape index (κ1) is 24.2. The summed E-state index contributed by atoms with van der Waals surface area (Å²) in [6.07, 6.45) is 23.6. The van der Waals surface area contributed by atoms with E-state index in [0.717, 1.165) is 0 Å². The van der Waals surface area contributed by atoms with Gasteiger partial charge >= 0.3 is 0 Å². The van der Waals surface area contributed by atoms with Crippen LogP contribution in [0.1, 0.15) is 103 Å². The highest BCUT2D eigenvalue weighted by Crippen LogP contribution is 2.14. The molecule has 0 bridgehead atoms. The van der Waals surface area contributed by atoms with Gasteiger partial charge in [-0.1, -0.05) is 115 Å². The molecule has 0 aromatic heterocycles. The lowest BCUT2D eigenvalue weighted by Gasteiger charge is -2.08. The van der Waals surface area contributed by atoms with Gasteiger partial charge in [0.1, 0.15) is 0 Å². The van der Waals surface area contributed by atoms with Crippen molar-refractivity contribution in [3.05, 3.63) is 0 Å². The Hall–Kier alpha value is 0.177. The summed E-state index contributed by atoms with van der Waals surface area (Å²) < 4.78 is 0. The minimum atomic E-state index is -0.271. The molecule has 0 amide bonds. The van der Waals surface area contributed by atoms with Crippen molar-refractivity contribution in [3.63, 3.8) is 0 Å². The van der Waals surface area contributed by atoms with Crippen molar-refractivity contribution in [1.29, 1.82) is 0 Å². The summed E-state index contributed by atoms with van der Waals surface area (Å²) in [5, 5.41) is 0. The zero-order chi connectivity index (χ0) is 17.9. The molecular formula is C22H49NSi. The Labute approximate surface area is 156 Å². The van der Waals surface area contributed by atoms with Gasteiger partial charge in [-0.2, -0.15) is 0 Å². The zero-order valence-electron chi connectivity index (χ0n) is 17.8. The van der Waals surface area contributed by atoms with Crippen LogP contribution in [0.15, 0.2) is 0 Å². The summed E-state index contributed by atoms with van der Waals surface area (Å²) in [4.78, 5) is 2.30. The molecule has 24 heavy (non-hydrogen) atoms. The molecule has 0 unspecified atom stereocenters. The van der Waals surface area contributed by atoms with Crippen LogP contribution in [0.25, 0.3) is 0 Å². The molecule has 2 heteroatoms. The molecule has 146 valence electrons. The van der Waals surface area contributed by atoms with Crippen molar-refractivity contribution >= 4 is 8.80 Å². The Balaban J connectivity index is 2.98. The van der Waals surface area contributed by atoms with E-state index in [0.29, 0.717) is 0 Å². The number of hydrogen-bond donors (Lipinski definition) is 0. The molecule has 0 rings (SSSR count). The van der Waals surface area contributed by atoms with E-state index in [4.69, 9.17) is 0 Å². The molecule has 1 nitrogen and oxygen atoms in total. The molecule has 0 aliphatic heterocycles. The van der Waals surface area contributed by atoms with Gasteiger partial charge in [-0.25, -0.2) is 0 Å². The van der Waals surface area contributed by atoms with Crippen LogP contribution < -0.4 is 0 Å². The fourth-order valence-electron chi connectivity index (χ4n) is 3.46. The fraction of sp³-hybridized carbons (Fsp3) is 1.00. The van der Waals surface area contributed by atoms with E-state index < -0.39 is 0 Å². The van der Waals surface area contributed by atoms with Crippen LogP contribution in [0, 0.1) is 0 Å². The van der Waals surface area contributed by atoms with E-state index in [-0.39, 0.29) is 8.80 Å². The average Bonchev–Trinajstić information content (AvgIpc) is 2.53. The van der Waals surface area contributed by atoms with Gasteiger partial charge in [-0.05, 0) is 27.1 Å². The molecule has 0 heterocycles. The van der Waals surface area contributed by atoms with Crippen LogP contribution in [0.3, 0.4) is 0 Å². The van der Waals surface area contributed by atoms with Gasteiger partial charge in [0.2, 0.25) is 0 Å². The van der Waals surface area contributed by atoms with Crippen molar-refractivity contribution in [2.75, 3.05) is 20.6 Å². The number of unbranched alkanes of at least 4 members (excludes halogenated alkanes) is 15. The monoisotopic (exact) mass is 355 g/mol. The lowest BCUT2D eigenvalue weighted by molar-refractivity contribution is 0.389. The largest absolute Gasteiger partial charge is 0.309 e. The maximum Gasteiger partial charge on any atom is 0.0305 e. The van der Waals surface area contributed by atoms with Gasteiger partial charge in [0.15, 0.2) is 0 Å². The van der Waals surface area contributed by atoms with E-state index in [1.54, 1.807) is 6.04 Å². The third-order valence-electron chi connectivity index (χ3n) is 5.14. The zero-order valence-corrected chi connectivity index (χ0v) is 18.9. The number of nitrogens with zero attached hydrogens (tertiary/aromatic N) is 1. The van der Waals surface area contributed by atoms with Crippen molar-refractivity contribution in [2.24, 2.45) is 0 Å². The quantitative estimate of drug-likeness (QED) is 0.174. The number of hydrogen-bond acceptors (Lipinski definition) is 1. The second kappa shape index (κ2) is 19.5. The third kappa shape index (κ3) is 22.2. The minimum Gasteiger partial charge on any atom is -0.309 e. The van der Waals surface area contributed by atoms with Crippen LogP contribution in [-0.2, 0) is 0 Å². The predicted octanol–water partition coefficient (Wildman–Crippen LogP) is 7.28. The van der Waals surface area contributed by atoms with Gasteiger partial charge in [0.25, 0.3) is 0 Å². The van der Waals surface area contributed by atoms with Crippen LogP contribution in [0.5, 0.6) is 0 Å². The Morgan fingerprint density at radius 2 is 0.750 bits per heavy atom. The molecule has 0 aromatic carbocycles. The molecule has 0 aliphatic rings. The summed E-state index contributed by atoms with van der Waals surface area (Å²) >= 11 is 0. The highest BCUT2D eigenvalue weighted by molar-refractivity contribution is 6.55. The molecule has 0 spiro atoms. The maximum absolute atomic E-state index is 2.48. The summed E-state index contributed by atoms with van der Waals surface area (Å²) in [5.41, 5.74) is 0. The van der Waals surface area contributed by atoms with E-state index in [1.807, 2.05) is 0 Å². The van der Waals surface area contributed by atoms with Crippen molar-refractivity contribution < 1.29 is 0 Å². The van der Waals surface area contributed by atoms with Gasteiger partial charge in [0, 0.05) is 8.80 Å². The van der Waals surface area contributed by atoms with Crippen LogP contribution >= 0.6 is 0 Å². The Kier molecular flexibility index (Phi) is 19.6. The van der Waals surface area contributed by atoms with Crippen LogP contribution in [0.2, 0.25) is 19.1 Å². The van der Waals surface area contributed by atoms with Gasteiger partial charge in [0.05, 0.1) is 0 Å². The number of rotatable bonds is 19. The van der Waals surface area contributed by atoms with Crippen molar-refractivity contribution in [3.8, 4) is 0 Å². The van der Waals surface area contributed by atoms with E-state index in [9.17, 15) is 0 Å². The van der Waals surface area contributed by atoms with Crippen molar-refractivity contribution in [1.82, 2.24) is 4.90 Å². The maximum atomic E-state index is 2.48. The SMILES string of the molecule is CN(C)CCCCCCCCCCCCCCCCCC[SiH](C)C. The molecule has 0 saturated carbocycles. The predicted molar refractivity (Wildman–Crippen MR) is 116 cm³/mol. The van der Waals surface area contributed by atoms with E-state index >= 15 is 0 Å². The average molecular weight is 356 g/mol. The minimum absolute atomic E-state index is 0.271. The molecule has 0 aliphatic carbocycles. The third-order valence-corrected chi connectivity index (χ3v) is 6.70. The Morgan fingerprint density at radius 1 is 0.458 bits per heavy atom. The first-order chi connectivity index (χ1) is 11.6. The summed E-state index contributed by atoms with van der Waals surface area (Å²) in [6, 6.07) is 1.57. The van der Waals surface area contributed by atoms with Gasteiger partial charge < -0.3 is 4.90 Å². The Bertz CT molecular complexity index is 204. The Morgan fingerprint density at radius 3 is 1.04 bits per heavy atom. The fourth-order valence-corrected chi connectivity index (χ4v) is 4.56. The van der Waals surface area contributed by atoms with Crippen molar-refractivity contribution in [2.45, 2.75) is 122 Å². The summed E-state index contributed by atoms with van der Waals surface area (Å²) in [5.74, 6) is 0. The first-order valence-electron chi connectivity index (χ1n) is 11.3. The topological polar surface area (TPSA) is 3.24 Å². The molecule has 0 fully saturated rings. The van der Waals surface area contributed by atoms with Gasteiger partial charge in [-0.3, -0.25) is 0 Å². The molecule has 0 N–H and O–H groups in total. The summed E-state index contributed by atoms with van der Waals surface area (Å²) in [6.45, 7) is 6.22. The highest BCUT2D eigenvalue weighted by Gasteiger charge is 1.97. The molecule has 0 aromatic rings. The summed E-state index contributed by atoms with van der Waals surface area (Å²) in [7, 11) is 4.08. The van der Waals surface area contributed by atoms with Gasteiger partial charge in [-0.15, -0.1) is 0 Å². The van der Waals surface area contributed by atoms with E-state index in [2.05, 4.69) is 32.1 Å². The molecule has 0 radical (unpaired) electrons. The standard InChI is InChI=1S/C22H49NSi/c1-23(2)21-19-17-15-13-11-9-7-5-6-8-10-12-14-16-18-20-22-24(3)4/h24H,5-22H2,1-4H3.